The van der Waals surface area contributed by atoms with Gasteiger partial charge in [0.15, 0.2) is 6.61 Å². The molecular weight excluding hydrogens is 386 g/mol. The molecule has 0 N–H and O–H groups in total. The molecule has 25 heavy (non-hydrogen) atoms. The van der Waals surface area contributed by atoms with Crippen LogP contribution in [0.25, 0.3) is 0 Å². The van der Waals surface area contributed by atoms with Gasteiger partial charge in [0.2, 0.25) is 0 Å². The zero-order chi connectivity index (χ0) is 18.4. The third-order valence-electron chi connectivity index (χ3n) is 3.67. The molecule has 0 fully saturated rings. The van der Waals surface area contributed by atoms with Crippen LogP contribution >= 0.6 is 15.9 Å². The number of halogens is 1. The van der Waals surface area contributed by atoms with Crippen molar-refractivity contribution in [2.24, 2.45) is 0 Å². The number of hydrogen-bond acceptors (Lipinski definition) is 4. The van der Waals surface area contributed by atoms with Gasteiger partial charge >= 0.3 is 5.97 Å². The molecule has 0 aliphatic rings. The number of hydrogen-bond donors (Lipinski definition) is 0. The molecule has 0 aromatic heterocycles. The fourth-order valence-electron chi connectivity index (χ4n) is 2.17. The highest BCUT2D eigenvalue weighted by molar-refractivity contribution is 9.10. The minimum atomic E-state index is -0.429. The van der Waals surface area contributed by atoms with Gasteiger partial charge in [0.05, 0.1) is 17.1 Å². The van der Waals surface area contributed by atoms with Crippen molar-refractivity contribution in [2.45, 2.75) is 13.5 Å². The molecule has 0 bridgehead atoms. The van der Waals surface area contributed by atoms with Crippen LogP contribution in [0.15, 0.2) is 46.9 Å². The predicted molar refractivity (Wildman–Crippen MR) is 98.6 cm³/mol. The van der Waals surface area contributed by atoms with E-state index < -0.39 is 5.97 Å². The average molecular weight is 406 g/mol. The van der Waals surface area contributed by atoms with Crippen LogP contribution in [-0.4, -0.2) is 37.5 Å². The number of likely N-dealkylation sites (N-methyl/N-ethyl adjacent to an activating group) is 1. The molecule has 2 aromatic rings. The predicted octanol–water partition coefficient (Wildman–Crippen LogP) is 3.58. The second-order valence-corrected chi connectivity index (χ2v) is 6.52. The number of carbonyl (C=O) groups excluding carboxylic acids is 2. The lowest BCUT2D eigenvalue weighted by molar-refractivity contribution is -0.132. The summed E-state index contributed by atoms with van der Waals surface area (Å²) < 4.78 is 10.8. The summed E-state index contributed by atoms with van der Waals surface area (Å²) >= 11 is 3.33. The van der Waals surface area contributed by atoms with Gasteiger partial charge in [-0.05, 0) is 46.6 Å². The van der Waals surface area contributed by atoms with Gasteiger partial charge in [0.25, 0.3) is 5.91 Å². The van der Waals surface area contributed by atoms with Crippen molar-refractivity contribution in [1.82, 2.24) is 4.90 Å². The van der Waals surface area contributed by atoms with Crippen LogP contribution in [0.3, 0.4) is 0 Å². The normalized spacial score (nSPS) is 10.2. The first-order valence-electron chi connectivity index (χ1n) is 7.71. The van der Waals surface area contributed by atoms with Crippen molar-refractivity contribution in [1.29, 1.82) is 0 Å². The Bertz CT molecular complexity index is 759. The molecule has 0 aliphatic heterocycles. The van der Waals surface area contributed by atoms with Crippen molar-refractivity contribution >= 4 is 27.8 Å². The van der Waals surface area contributed by atoms with Crippen molar-refractivity contribution in [3.63, 3.8) is 0 Å². The Kier molecular flexibility index (Phi) is 6.58. The summed E-state index contributed by atoms with van der Waals surface area (Å²) in [5.74, 6) is -0.0737. The minimum Gasteiger partial charge on any atom is -0.483 e. The van der Waals surface area contributed by atoms with E-state index in [-0.39, 0.29) is 12.5 Å². The third-order valence-corrected chi connectivity index (χ3v) is 4.29. The average Bonchev–Trinajstić information content (AvgIpc) is 2.61. The van der Waals surface area contributed by atoms with Crippen LogP contribution < -0.4 is 4.74 Å². The van der Waals surface area contributed by atoms with Gasteiger partial charge in [0.1, 0.15) is 5.75 Å². The van der Waals surface area contributed by atoms with E-state index in [2.05, 4.69) is 20.7 Å². The number of aryl methyl sites for hydroxylation is 1. The van der Waals surface area contributed by atoms with Gasteiger partial charge in [-0.3, -0.25) is 4.79 Å². The summed E-state index contributed by atoms with van der Waals surface area (Å²) in [6.45, 7) is 2.46. The number of carbonyl (C=O) groups is 2. The maximum Gasteiger partial charge on any atom is 0.337 e. The molecule has 6 heteroatoms. The zero-order valence-electron chi connectivity index (χ0n) is 14.4. The summed E-state index contributed by atoms with van der Waals surface area (Å²) in [5.41, 5.74) is 2.65. The summed E-state index contributed by atoms with van der Waals surface area (Å²) in [7, 11) is 3.06. The SMILES string of the molecule is COC(=O)c1ccc(OCC(=O)N(C)Cc2ccc(C)cc2)c(Br)c1. The maximum atomic E-state index is 12.2. The van der Waals surface area contributed by atoms with E-state index in [1.54, 1.807) is 30.1 Å². The van der Waals surface area contributed by atoms with E-state index >= 15 is 0 Å². The molecular formula is C19H20BrNO4. The standard InChI is InChI=1S/C19H20BrNO4/c1-13-4-6-14(7-5-13)11-21(2)18(22)12-25-17-9-8-15(10-16(17)20)19(23)24-3/h4-10H,11-12H2,1-3H3. The van der Waals surface area contributed by atoms with Crippen LogP contribution in [0.2, 0.25) is 0 Å². The summed E-state index contributed by atoms with van der Waals surface area (Å²) in [5, 5.41) is 0. The number of benzene rings is 2. The zero-order valence-corrected chi connectivity index (χ0v) is 16.0. The largest absolute Gasteiger partial charge is 0.483 e. The molecule has 5 nitrogen and oxygen atoms in total. The Morgan fingerprint density at radius 2 is 1.80 bits per heavy atom. The molecule has 0 saturated heterocycles. The molecule has 2 aromatic carbocycles. The number of nitrogens with zero attached hydrogens (tertiary/aromatic N) is 1. The molecule has 132 valence electrons. The lowest BCUT2D eigenvalue weighted by Gasteiger charge is -2.18. The molecule has 0 aliphatic carbocycles. The molecule has 1 amide bonds. The van der Waals surface area contributed by atoms with E-state index in [0.717, 1.165) is 5.56 Å². The quantitative estimate of drug-likeness (QED) is 0.689. The van der Waals surface area contributed by atoms with Gasteiger partial charge < -0.3 is 14.4 Å². The highest BCUT2D eigenvalue weighted by Crippen LogP contribution is 2.26. The van der Waals surface area contributed by atoms with E-state index in [0.29, 0.717) is 22.3 Å². The van der Waals surface area contributed by atoms with Crippen molar-refractivity contribution in [3.05, 3.63) is 63.6 Å². The Morgan fingerprint density at radius 3 is 2.40 bits per heavy atom. The van der Waals surface area contributed by atoms with Gasteiger partial charge in [-0.25, -0.2) is 4.79 Å². The highest BCUT2D eigenvalue weighted by atomic mass is 79.9. The van der Waals surface area contributed by atoms with Gasteiger partial charge in [-0.15, -0.1) is 0 Å². The summed E-state index contributed by atoms with van der Waals surface area (Å²) in [6.07, 6.45) is 0. The first kappa shape index (κ1) is 19.0. The molecule has 0 saturated carbocycles. The van der Waals surface area contributed by atoms with Crippen molar-refractivity contribution in [2.75, 3.05) is 20.8 Å². The summed E-state index contributed by atoms with van der Waals surface area (Å²) in [6, 6.07) is 12.9. The Hall–Kier alpha value is -2.34. The monoisotopic (exact) mass is 405 g/mol. The first-order valence-corrected chi connectivity index (χ1v) is 8.50. The molecule has 0 heterocycles. The lowest BCUT2D eigenvalue weighted by atomic mass is 10.1. The molecule has 0 spiro atoms. The lowest BCUT2D eigenvalue weighted by Crippen LogP contribution is -2.31. The second kappa shape index (κ2) is 8.67. The van der Waals surface area contributed by atoms with E-state index in [4.69, 9.17) is 4.74 Å². The fraction of sp³-hybridized carbons (Fsp3) is 0.263. The number of ether oxygens (including phenoxy) is 2. The van der Waals surface area contributed by atoms with Gasteiger partial charge in [-0.1, -0.05) is 29.8 Å². The highest BCUT2D eigenvalue weighted by Gasteiger charge is 2.13. The van der Waals surface area contributed by atoms with E-state index in [1.165, 1.54) is 12.7 Å². The van der Waals surface area contributed by atoms with E-state index in [1.807, 2.05) is 31.2 Å². The minimum absolute atomic E-state index is 0.0848. The van der Waals surface area contributed by atoms with Crippen LogP contribution in [-0.2, 0) is 16.1 Å². The van der Waals surface area contributed by atoms with Crippen LogP contribution in [0, 0.1) is 6.92 Å². The Balaban J connectivity index is 1.92. The fourth-order valence-corrected chi connectivity index (χ4v) is 2.66. The van der Waals surface area contributed by atoms with Crippen LogP contribution in [0.1, 0.15) is 21.5 Å². The second-order valence-electron chi connectivity index (χ2n) is 5.66. The number of rotatable bonds is 6. The van der Waals surface area contributed by atoms with Gasteiger partial charge in [-0.2, -0.15) is 0 Å². The van der Waals surface area contributed by atoms with E-state index in [9.17, 15) is 9.59 Å². The molecule has 2 rings (SSSR count). The molecule has 0 radical (unpaired) electrons. The Labute approximate surface area is 155 Å². The number of amides is 1. The van der Waals surface area contributed by atoms with Crippen molar-refractivity contribution in [3.8, 4) is 5.75 Å². The smallest absolute Gasteiger partial charge is 0.337 e. The maximum absolute atomic E-state index is 12.2. The third kappa shape index (κ3) is 5.32. The molecule has 0 atom stereocenters. The topological polar surface area (TPSA) is 55.8 Å². The number of esters is 1. The number of methoxy groups -OCH3 is 1. The summed E-state index contributed by atoms with van der Waals surface area (Å²) in [4.78, 5) is 25.3. The Morgan fingerprint density at radius 1 is 1.12 bits per heavy atom. The van der Waals surface area contributed by atoms with Crippen LogP contribution in [0.4, 0.5) is 0 Å². The van der Waals surface area contributed by atoms with Crippen LogP contribution in [0.5, 0.6) is 5.75 Å². The molecule has 0 unspecified atom stereocenters. The van der Waals surface area contributed by atoms with Crippen molar-refractivity contribution < 1.29 is 19.1 Å². The first-order chi connectivity index (χ1) is 11.9. The van der Waals surface area contributed by atoms with Gasteiger partial charge in [0, 0.05) is 13.6 Å².